The zero-order valence-electron chi connectivity index (χ0n) is 12.4. The quantitative estimate of drug-likeness (QED) is 0.855. The maximum atomic E-state index is 11.9. The van der Waals surface area contributed by atoms with Crippen LogP contribution < -0.4 is 10.6 Å². The summed E-state index contributed by atoms with van der Waals surface area (Å²) in [6, 6.07) is 1.73. The van der Waals surface area contributed by atoms with Gasteiger partial charge in [0, 0.05) is 30.2 Å². The average molecular weight is 305 g/mol. The summed E-state index contributed by atoms with van der Waals surface area (Å²) in [6.45, 7) is 6.42. The summed E-state index contributed by atoms with van der Waals surface area (Å²) in [5, 5.41) is 7.02. The van der Waals surface area contributed by atoms with Crippen LogP contribution in [0.4, 0.5) is 5.95 Å². The topological polar surface area (TPSA) is 79.8 Å². The van der Waals surface area contributed by atoms with Crippen molar-refractivity contribution in [1.29, 1.82) is 0 Å². The molecule has 0 aliphatic heterocycles. The summed E-state index contributed by atoms with van der Waals surface area (Å²) >= 11 is 1.62. The fraction of sp³-hybridized carbons (Fsp3) is 0.429. The Morgan fingerprint density at radius 1 is 1.33 bits per heavy atom. The van der Waals surface area contributed by atoms with Crippen molar-refractivity contribution >= 4 is 23.2 Å². The van der Waals surface area contributed by atoms with Crippen LogP contribution in [0, 0.1) is 13.8 Å². The Labute approximate surface area is 128 Å². The van der Waals surface area contributed by atoms with Crippen LogP contribution in [-0.4, -0.2) is 27.4 Å². The molecule has 112 valence electrons. The van der Waals surface area contributed by atoms with Gasteiger partial charge in [0.25, 0.3) is 0 Å². The Kier molecular flexibility index (Phi) is 5.21. The van der Waals surface area contributed by atoms with Crippen molar-refractivity contribution in [3.05, 3.63) is 34.0 Å². The Bertz CT molecular complexity index is 599. The Morgan fingerprint density at radius 2 is 2.05 bits per heavy atom. The molecule has 0 saturated heterocycles. The van der Waals surface area contributed by atoms with E-state index in [2.05, 4.69) is 25.6 Å². The lowest BCUT2D eigenvalue weighted by atomic mass is 10.2. The summed E-state index contributed by atoms with van der Waals surface area (Å²) in [5.74, 6) is 0.531. The van der Waals surface area contributed by atoms with E-state index < -0.39 is 0 Å². The Hall–Kier alpha value is -2.02. The van der Waals surface area contributed by atoms with E-state index in [1.807, 2.05) is 20.8 Å². The van der Waals surface area contributed by atoms with Crippen LogP contribution >= 0.6 is 11.3 Å². The first-order valence-electron chi connectivity index (χ1n) is 6.80. The molecule has 0 bridgehead atoms. The molecule has 0 saturated carbocycles. The molecular weight excluding hydrogens is 286 g/mol. The second-order valence-electron chi connectivity index (χ2n) is 4.72. The largest absolute Gasteiger partial charge is 0.354 e. The minimum atomic E-state index is -0.0170. The van der Waals surface area contributed by atoms with Crippen molar-refractivity contribution in [2.24, 2.45) is 0 Å². The molecule has 2 N–H and O–H groups in total. The van der Waals surface area contributed by atoms with Crippen molar-refractivity contribution in [2.45, 2.75) is 33.2 Å². The van der Waals surface area contributed by atoms with Gasteiger partial charge in [-0.1, -0.05) is 0 Å². The summed E-state index contributed by atoms with van der Waals surface area (Å²) in [4.78, 5) is 25.5. The molecule has 2 heterocycles. The van der Waals surface area contributed by atoms with E-state index in [0.29, 0.717) is 18.9 Å². The van der Waals surface area contributed by atoms with E-state index in [9.17, 15) is 4.79 Å². The second-order valence-corrected chi connectivity index (χ2v) is 5.96. The monoisotopic (exact) mass is 305 g/mol. The van der Waals surface area contributed by atoms with Crippen LogP contribution in [0.5, 0.6) is 0 Å². The highest BCUT2D eigenvalue weighted by molar-refractivity contribution is 7.11. The minimum Gasteiger partial charge on any atom is -0.354 e. The number of thiazole rings is 1. The predicted molar refractivity (Wildman–Crippen MR) is 83.3 cm³/mol. The van der Waals surface area contributed by atoms with Gasteiger partial charge in [-0.15, -0.1) is 11.3 Å². The first-order chi connectivity index (χ1) is 10.1. The summed E-state index contributed by atoms with van der Waals surface area (Å²) in [6.07, 6.45) is 3.69. The van der Waals surface area contributed by atoms with Crippen LogP contribution in [0.1, 0.15) is 35.0 Å². The van der Waals surface area contributed by atoms with Crippen molar-refractivity contribution in [3.8, 4) is 0 Å². The maximum Gasteiger partial charge on any atom is 0.222 e. The normalized spacial score (nSPS) is 12.0. The fourth-order valence-corrected chi connectivity index (χ4v) is 2.94. The molecule has 0 fully saturated rings. The molecule has 2 rings (SSSR count). The molecule has 2 aromatic rings. The van der Waals surface area contributed by atoms with E-state index in [1.165, 1.54) is 0 Å². The lowest BCUT2D eigenvalue weighted by molar-refractivity contribution is -0.121. The molecule has 2 aromatic heterocycles. The van der Waals surface area contributed by atoms with Crippen LogP contribution in [0.3, 0.4) is 0 Å². The minimum absolute atomic E-state index is 0.00335. The predicted octanol–water partition coefficient (Wildman–Crippen LogP) is 2.23. The number of aryl methyl sites for hydroxylation is 2. The SMILES string of the molecule is Cc1nc(C)c([C@@H](C)NC(=O)CCNc2ncccn2)s1. The second kappa shape index (κ2) is 7.12. The Morgan fingerprint density at radius 3 is 2.67 bits per heavy atom. The van der Waals surface area contributed by atoms with Gasteiger partial charge in [-0.2, -0.15) is 0 Å². The number of carbonyl (C=O) groups excluding carboxylic acids is 1. The molecular formula is C14H19N5OS. The molecule has 6 nitrogen and oxygen atoms in total. The Balaban J connectivity index is 1.78. The van der Waals surface area contributed by atoms with Gasteiger partial charge in [0.2, 0.25) is 11.9 Å². The van der Waals surface area contributed by atoms with Crippen molar-refractivity contribution < 1.29 is 4.79 Å². The molecule has 1 amide bonds. The third-order valence-corrected chi connectivity index (χ3v) is 4.17. The van der Waals surface area contributed by atoms with Crippen LogP contribution in [0.25, 0.3) is 0 Å². The lowest BCUT2D eigenvalue weighted by Crippen LogP contribution is -2.28. The van der Waals surface area contributed by atoms with E-state index in [-0.39, 0.29) is 11.9 Å². The standard InChI is InChI=1S/C14H19N5OS/c1-9-13(21-11(3)18-9)10(2)19-12(20)5-8-17-14-15-6-4-7-16-14/h4,6-7,10H,5,8H2,1-3H3,(H,19,20)(H,15,16,17)/t10-/m1/s1. The van der Waals surface area contributed by atoms with Gasteiger partial charge >= 0.3 is 0 Å². The zero-order chi connectivity index (χ0) is 15.2. The average Bonchev–Trinajstić information content (AvgIpc) is 2.79. The van der Waals surface area contributed by atoms with Gasteiger partial charge < -0.3 is 10.6 Å². The van der Waals surface area contributed by atoms with E-state index >= 15 is 0 Å². The first-order valence-corrected chi connectivity index (χ1v) is 7.62. The molecule has 0 aliphatic carbocycles. The van der Waals surface area contributed by atoms with Crippen LogP contribution in [0.2, 0.25) is 0 Å². The number of amides is 1. The number of aromatic nitrogens is 3. The van der Waals surface area contributed by atoms with Gasteiger partial charge in [0.05, 0.1) is 16.7 Å². The fourth-order valence-electron chi connectivity index (χ4n) is 2.01. The van der Waals surface area contributed by atoms with Crippen molar-refractivity contribution in [3.63, 3.8) is 0 Å². The van der Waals surface area contributed by atoms with Gasteiger partial charge in [-0.3, -0.25) is 4.79 Å². The number of carbonyl (C=O) groups is 1. The van der Waals surface area contributed by atoms with Crippen molar-refractivity contribution in [2.75, 3.05) is 11.9 Å². The zero-order valence-corrected chi connectivity index (χ0v) is 13.2. The highest BCUT2D eigenvalue weighted by atomic mass is 32.1. The van der Waals surface area contributed by atoms with E-state index in [1.54, 1.807) is 29.8 Å². The molecule has 0 aromatic carbocycles. The molecule has 0 aliphatic rings. The highest BCUT2D eigenvalue weighted by Crippen LogP contribution is 2.24. The summed E-state index contributed by atoms with van der Waals surface area (Å²) in [7, 11) is 0. The molecule has 0 spiro atoms. The number of nitrogens with one attached hydrogen (secondary N) is 2. The van der Waals surface area contributed by atoms with Gasteiger partial charge in [-0.25, -0.2) is 15.0 Å². The van der Waals surface area contributed by atoms with Gasteiger partial charge in [0.15, 0.2) is 0 Å². The van der Waals surface area contributed by atoms with Crippen LogP contribution in [0.15, 0.2) is 18.5 Å². The summed E-state index contributed by atoms with van der Waals surface area (Å²) in [5.41, 5.74) is 0.987. The first kappa shape index (κ1) is 15.4. The van der Waals surface area contributed by atoms with Crippen LogP contribution in [-0.2, 0) is 4.79 Å². The van der Waals surface area contributed by atoms with Gasteiger partial charge in [-0.05, 0) is 26.8 Å². The number of nitrogens with zero attached hydrogens (tertiary/aromatic N) is 3. The van der Waals surface area contributed by atoms with E-state index in [4.69, 9.17) is 0 Å². The maximum absolute atomic E-state index is 11.9. The molecule has 7 heteroatoms. The van der Waals surface area contributed by atoms with E-state index in [0.717, 1.165) is 15.6 Å². The van der Waals surface area contributed by atoms with Crippen molar-refractivity contribution in [1.82, 2.24) is 20.3 Å². The number of hydrogen-bond donors (Lipinski definition) is 2. The molecule has 0 unspecified atom stereocenters. The highest BCUT2D eigenvalue weighted by Gasteiger charge is 2.15. The smallest absolute Gasteiger partial charge is 0.222 e. The number of hydrogen-bond acceptors (Lipinski definition) is 6. The molecule has 1 atom stereocenters. The lowest BCUT2D eigenvalue weighted by Gasteiger charge is -2.13. The third-order valence-electron chi connectivity index (χ3n) is 2.91. The number of anilines is 1. The molecule has 21 heavy (non-hydrogen) atoms. The number of rotatable bonds is 6. The third kappa shape index (κ3) is 4.49. The molecule has 0 radical (unpaired) electrons. The van der Waals surface area contributed by atoms with Gasteiger partial charge in [0.1, 0.15) is 0 Å². The summed E-state index contributed by atoms with van der Waals surface area (Å²) < 4.78 is 0.